The minimum Gasteiger partial charge on any atom is -0.496 e. The number of pyridine rings is 1. The van der Waals surface area contributed by atoms with Gasteiger partial charge >= 0.3 is 0 Å². The number of hydrogen-bond donors (Lipinski definition) is 1. The minimum absolute atomic E-state index is 0.0823. The monoisotopic (exact) mass is 329 g/mol. The maximum atomic E-state index is 11.8. The van der Waals surface area contributed by atoms with Gasteiger partial charge < -0.3 is 14.6 Å². The van der Waals surface area contributed by atoms with Crippen LogP contribution in [0, 0.1) is 26.7 Å². The molecule has 130 valence electrons. The molecule has 0 aliphatic carbocycles. The Labute approximate surface area is 144 Å². The molecule has 0 fully saturated rings. The molecule has 1 unspecified atom stereocenters. The molecule has 1 atom stereocenters. The van der Waals surface area contributed by atoms with Crippen molar-refractivity contribution in [3.63, 3.8) is 0 Å². The number of rotatable bonds is 5. The zero-order valence-electron chi connectivity index (χ0n) is 15.6. The highest BCUT2D eigenvalue weighted by Crippen LogP contribution is 2.48. The predicted octanol–water partition coefficient (Wildman–Crippen LogP) is 3.92. The lowest BCUT2D eigenvalue weighted by Gasteiger charge is -2.36. The van der Waals surface area contributed by atoms with E-state index in [1.807, 2.05) is 46.8 Å². The van der Waals surface area contributed by atoms with Crippen LogP contribution in [0.1, 0.15) is 41.7 Å². The van der Waals surface area contributed by atoms with Crippen molar-refractivity contribution in [2.45, 2.75) is 40.2 Å². The minimum atomic E-state index is -1.23. The number of nitrogens with zero attached hydrogens (tertiary/aromatic N) is 1. The fourth-order valence-corrected chi connectivity index (χ4v) is 3.47. The van der Waals surface area contributed by atoms with Crippen LogP contribution in [0.4, 0.5) is 0 Å². The van der Waals surface area contributed by atoms with E-state index in [1.165, 1.54) is 0 Å². The highest BCUT2D eigenvalue weighted by molar-refractivity contribution is 5.62. The first-order valence-corrected chi connectivity index (χ1v) is 8.15. The third-order valence-electron chi connectivity index (χ3n) is 4.91. The molecule has 0 bridgehead atoms. The van der Waals surface area contributed by atoms with E-state index in [0.29, 0.717) is 5.75 Å². The van der Waals surface area contributed by atoms with Crippen LogP contribution in [0.25, 0.3) is 0 Å². The maximum absolute atomic E-state index is 11.8. The van der Waals surface area contributed by atoms with Crippen molar-refractivity contribution in [2.75, 3.05) is 14.2 Å². The van der Waals surface area contributed by atoms with Crippen molar-refractivity contribution in [2.24, 2.45) is 5.92 Å². The molecule has 0 aliphatic rings. The lowest BCUT2D eigenvalue weighted by atomic mass is 9.75. The van der Waals surface area contributed by atoms with Gasteiger partial charge in [-0.05, 0) is 43.9 Å². The Kier molecular flexibility index (Phi) is 5.19. The fourth-order valence-electron chi connectivity index (χ4n) is 3.47. The molecule has 1 N–H and O–H groups in total. The van der Waals surface area contributed by atoms with Crippen LogP contribution in [0.3, 0.4) is 0 Å². The molecular formula is C20H27NO3. The zero-order chi connectivity index (χ0) is 18.1. The molecule has 0 saturated carbocycles. The summed E-state index contributed by atoms with van der Waals surface area (Å²) in [7, 11) is 3.30. The van der Waals surface area contributed by atoms with Crippen LogP contribution in [0.2, 0.25) is 0 Å². The van der Waals surface area contributed by atoms with Gasteiger partial charge in [0.25, 0.3) is 0 Å². The molecule has 0 amide bonds. The average Bonchev–Trinajstić information content (AvgIpc) is 2.58. The largest absolute Gasteiger partial charge is 0.496 e. The second kappa shape index (κ2) is 6.81. The van der Waals surface area contributed by atoms with Crippen molar-refractivity contribution in [1.82, 2.24) is 4.98 Å². The summed E-state index contributed by atoms with van der Waals surface area (Å²) in [6.45, 7) is 9.95. The summed E-state index contributed by atoms with van der Waals surface area (Å²) in [5.74, 6) is 1.40. The molecule has 2 aromatic rings. The van der Waals surface area contributed by atoms with Gasteiger partial charge in [-0.2, -0.15) is 0 Å². The Hall–Kier alpha value is -2.07. The summed E-state index contributed by atoms with van der Waals surface area (Å²) in [5, 5.41) is 11.8. The second-order valence-electron chi connectivity index (χ2n) is 6.48. The molecule has 0 spiro atoms. The topological polar surface area (TPSA) is 51.6 Å². The predicted molar refractivity (Wildman–Crippen MR) is 95.8 cm³/mol. The summed E-state index contributed by atoms with van der Waals surface area (Å²) in [4.78, 5) is 4.19. The summed E-state index contributed by atoms with van der Waals surface area (Å²) in [6.07, 6.45) is 3.41. The maximum Gasteiger partial charge on any atom is 0.129 e. The standard InChI is InChI=1S/C20H27NO3/c1-12(2)20(22,16-9-8-10-21-11-16)17-15(5)18(23-6)13(3)14(4)19(17)24-7/h8-12,22H,1-7H3. The van der Waals surface area contributed by atoms with E-state index in [4.69, 9.17) is 9.47 Å². The number of methoxy groups -OCH3 is 2. The number of aliphatic hydroxyl groups is 1. The third kappa shape index (κ3) is 2.65. The van der Waals surface area contributed by atoms with E-state index in [1.54, 1.807) is 26.6 Å². The van der Waals surface area contributed by atoms with Crippen molar-refractivity contribution in [3.05, 3.63) is 52.3 Å². The van der Waals surface area contributed by atoms with Crippen molar-refractivity contribution in [3.8, 4) is 11.5 Å². The number of aromatic nitrogens is 1. The van der Waals surface area contributed by atoms with Gasteiger partial charge in [-0.25, -0.2) is 0 Å². The smallest absolute Gasteiger partial charge is 0.129 e. The Morgan fingerprint density at radius 1 is 1.00 bits per heavy atom. The van der Waals surface area contributed by atoms with Crippen molar-refractivity contribution in [1.29, 1.82) is 0 Å². The summed E-state index contributed by atoms with van der Waals surface area (Å²) < 4.78 is 11.3. The van der Waals surface area contributed by atoms with E-state index in [0.717, 1.165) is 33.6 Å². The van der Waals surface area contributed by atoms with E-state index in [2.05, 4.69) is 4.98 Å². The number of benzene rings is 1. The van der Waals surface area contributed by atoms with Crippen molar-refractivity contribution < 1.29 is 14.6 Å². The van der Waals surface area contributed by atoms with E-state index in [-0.39, 0.29) is 5.92 Å². The van der Waals surface area contributed by atoms with Gasteiger partial charge in [0.05, 0.1) is 14.2 Å². The lowest BCUT2D eigenvalue weighted by molar-refractivity contribution is 0.0282. The molecule has 0 saturated heterocycles. The first kappa shape index (κ1) is 18.3. The van der Waals surface area contributed by atoms with Crippen LogP contribution < -0.4 is 9.47 Å². The molecule has 2 rings (SSSR count). The first-order chi connectivity index (χ1) is 11.3. The van der Waals surface area contributed by atoms with E-state index < -0.39 is 5.60 Å². The van der Waals surface area contributed by atoms with Gasteiger partial charge in [0.2, 0.25) is 0 Å². The second-order valence-corrected chi connectivity index (χ2v) is 6.48. The van der Waals surface area contributed by atoms with E-state index >= 15 is 0 Å². The van der Waals surface area contributed by atoms with Gasteiger partial charge in [-0.15, -0.1) is 0 Å². The Morgan fingerprint density at radius 3 is 2.04 bits per heavy atom. The Morgan fingerprint density at radius 2 is 1.58 bits per heavy atom. The zero-order valence-corrected chi connectivity index (χ0v) is 15.6. The molecule has 4 nitrogen and oxygen atoms in total. The van der Waals surface area contributed by atoms with Crippen LogP contribution in [0.5, 0.6) is 11.5 Å². The summed E-state index contributed by atoms with van der Waals surface area (Å²) in [6, 6.07) is 3.73. The first-order valence-electron chi connectivity index (χ1n) is 8.15. The van der Waals surface area contributed by atoms with Crippen LogP contribution in [-0.4, -0.2) is 24.3 Å². The van der Waals surface area contributed by atoms with Gasteiger partial charge in [0.15, 0.2) is 0 Å². The summed E-state index contributed by atoms with van der Waals surface area (Å²) in [5.41, 5.74) is 3.14. The highest BCUT2D eigenvalue weighted by atomic mass is 16.5. The molecule has 1 aromatic heterocycles. The lowest BCUT2D eigenvalue weighted by Crippen LogP contribution is -2.35. The molecule has 24 heavy (non-hydrogen) atoms. The van der Waals surface area contributed by atoms with E-state index in [9.17, 15) is 5.11 Å². The highest BCUT2D eigenvalue weighted by Gasteiger charge is 2.41. The van der Waals surface area contributed by atoms with Gasteiger partial charge in [-0.1, -0.05) is 19.9 Å². The SMILES string of the molecule is COc1c(C)c(C)c(OC)c(C(O)(c2cccnc2)C(C)C)c1C. The number of ether oxygens (including phenoxy) is 2. The fraction of sp³-hybridized carbons (Fsp3) is 0.450. The van der Waals surface area contributed by atoms with Gasteiger partial charge in [0.1, 0.15) is 17.1 Å². The van der Waals surface area contributed by atoms with Crippen molar-refractivity contribution >= 4 is 0 Å². The normalized spacial score (nSPS) is 13.7. The van der Waals surface area contributed by atoms with Gasteiger partial charge in [-0.3, -0.25) is 4.98 Å². The molecule has 4 heteroatoms. The van der Waals surface area contributed by atoms with Crippen LogP contribution in [0.15, 0.2) is 24.5 Å². The molecule has 1 heterocycles. The molecule has 0 radical (unpaired) electrons. The molecule has 0 aliphatic heterocycles. The average molecular weight is 329 g/mol. The quantitative estimate of drug-likeness (QED) is 0.903. The molecular weight excluding hydrogens is 302 g/mol. The van der Waals surface area contributed by atoms with Crippen LogP contribution in [-0.2, 0) is 5.60 Å². The Balaban J connectivity index is 2.93. The molecule has 1 aromatic carbocycles. The Bertz CT molecular complexity index is 726. The summed E-state index contributed by atoms with van der Waals surface area (Å²) >= 11 is 0. The van der Waals surface area contributed by atoms with Gasteiger partial charge in [0, 0.05) is 29.1 Å². The third-order valence-corrected chi connectivity index (χ3v) is 4.91. The number of hydrogen-bond acceptors (Lipinski definition) is 4. The van der Waals surface area contributed by atoms with Crippen LogP contribution >= 0.6 is 0 Å².